The number of rotatable bonds is 27. The van der Waals surface area contributed by atoms with Crippen molar-refractivity contribution < 1.29 is 43.5 Å². The zero-order valence-electron chi connectivity index (χ0n) is 31.3. The van der Waals surface area contributed by atoms with E-state index in [4.69, 9.17) is 17.2 Å². The molecule has 0 aliphatic carbocycles. The lowest BCUT2D eigenvalue weighted by Gasteiger charge is -2.27. The molecular formula is C35H54N10O9S. The number of aliphatic carboxylic acids is 1. The summed E-state index contributed by atoms with van der Waals surface area (Å²) in [7, 11) is 2.66. The zero-order valence-corrected chi connectivity index (χ0v) is 32.2. The summed E-state index contributed by atoms with van der Waals surface area (Å²) < 4.78 is 0. The Kier molecular flexibility index (Phi) is 19.8. The number of hydrogen-bond acceptors (Lipinski definition) is 15. The van der Waals surface area contributed by atoms with E-state index in [1.807, 2.05) is 24.3 Å². The number of benzene rings is 1. The summed E-state index contributed by atoms with van der Waals surface area (Å²) in [5.74, 6) is -6.49. The normalized spacial score (nSPS) is 13.9. The molecule has 304 valence electrons. The number of ketones is 4. The summed E-state index contributed by atoms with van der Waals surface area (Å²) in [5, 5.41) is 15.7. The Labute approximate surface area is 324 Å². The van der Waals surface area contributed by atoms with Gasteiger partial charge in [-0.25, -0.2) is 10.9 Å². The third-order valence-corrected chi connectivity index (χ3v) is 9.10. The van der Waals surface area contributed by atoms with Crippen molar-refractivity contribution in [3.05, 3.63) is 36.0 Å². The first kappa shape index (κ1) is 46.6. The van der Waals surface area contributed by atoms with Gasteiger partial charge in [-0.3, -0.25) is 38.4 Å². The highest BCUT2D eigenvalue weighted by Gasteiger charge is 2.32. The number of carboxylic acid groups (broad SMARTS) is 1. The summed E-state index contributed by atoms with van der Waals surface area (Å²) >= 11 is 4.19. The van der Waals surface area contributed by atoms with E-state index >= 15 is 0 Å². The molecule has 20 heteroatoms. The zero-order chi connectivity index (χ0) is 41.2. The van der Waals surface area contributed by atoms with Crippen LogP contribution in [-0.2, 0) is 44.8 Å². The van der Waals surface area contributed by atoms with E-state index < -0.39 is 84.2 Å². The average Bonchev–Trinajstić information content (AvgIpc) is 3.57. The monoisotopic (exact) mass is 790 g/mol. The number of carbonyl (C=O) groups is 8. The fourth-order valence-corrected chi connectivity index (χ4v) is 5.75. The fourth-order valence-electron chi connectivity index (χ4n) is 5.50. The molecule has 0 radical (unpaired) electrons. The first-order valence-electron chi connectivity index (χ1n) is 17.7. The molecule has 0 aliphatic heterocycles. The van der Waals surface area contributed by atoms with E-state index in [9.17, 15) is 43.5 Å². The van der Waals surface area contributed by atoms with Crippen LogP contribution in [0, 0.1) is 0 Å². The maximum atomic E-state index is 13.4. The van der Waals surface area contributed by atoms with Gasteiger partial charge in [-0.05, 0) is 44.4 Å². The minimum absolute atomic E-state index is 0.122. The highest BCUT2D eigenvalue weighted by molar-refractivity contribution is 7.80. The van der Waals surface area contributed by atoms with Crippen molar-refractivity contribution in [2.75, 3.05) is 52.6 Å². The molecule has 1 aromatic carbocycles. The van der Waals surface area contributed by atoms with E-state index in [2.05, 4.69) is 39.1 Å². The summed E-state index contributed by atoms with van der Waals surface area (Å²) in [5.41, 5.74) is 23.9. The van der Waals surface area contributed by atoms with Gasteiger partial charge in [-0.15, -0.1) is 0 Å². The van der Waals surface area contributed by atoms with E-state index in [0.29, 0.717) is 19.4 Å². The predicted octanol–water partition coefficient (Wildman–Crippen LogP) is -2.98. The molecule has 2 rings (SSSR count). The highest BCUT2D eigenvalue weighted by atomic mass is 32.1. The van der Waals surface area contributed by atoms with E-state index in [1.165, 1.54) is 14.1 Å². The molecule has 0 aliphatic rings. The molecule has 2 aromatic rings. The van der Waals surface area contributed by atoms with Crippen molar-refractivity contribution in [2.24, 2.45) is 17.2 Å². The topological polar surface area (TPSA) is 305 Å². The molecule has 0 fully saturated rings. The summed E-state index contributed by atoms with van der Waals surface area (Å²) in [6, 6.07) is 1.78. The minimum atomic E-state index is -1.64. The molecule has 5 atom stereocenters. The lowest BCUT2D eigenvalue weighted by Crippen LogP contribution is -2.59. The molecule has 0 saturated carbocycles. The molecule has 12 N–H and O–H groups in total. The Balaban J connectivity index is 2.06. The van der Waals surface area contributed by atoms with E-state index in [0.717, 1.165) is 26.3 Å². The second kappa shape index (κ2) is 23.4. The number of Topliss-reactive ketones (excluding diaryl/α,β-unsaturated/α-hetero) is 4. The highest BCUT2D eigenvalue weighted by Crippen LogP contribution is 2.19. The summed E-state index contributed by atoms with van der Waals surface area (Å²) in [4.78, 5) is 107. The van der Waals surface area contributed by atoms with Gasteiger partial charge in [0.25, 0.3) is 0 Å². The number of amides is 3. The number of unbranched alkanes of at least 4 members (excludes halogenated alkanes) is 1. The van der Waals surface area contributed by atoms with E-state index in [1.54, 1.807) is 13.1 Å². The molecule has 19 nitrogen and oxygen atoms in total. The van der Waals surface area contributed by atoms with Crippen LogP contribution >= 0.6 is 12.6 Å². The minimum Gasteiger partial charge on any atom is -0.481 e. The van der Waals surface area contributed by atoms with Gasteiger partial charge in [0.1, 0.15) is 6.04 Å². The Morgan fingerprint density at radius 1 is 0.909 bits per heavy atom. The first-order valence-corrected chi connectivity index (χ1v) is 18.4. The van der Waals surface area contributed by atoms with Crippen LogP contribution in [0.5, 0.6) is 0 Å². The van der Waals surface area contributed by atoms with Gasteiger partial charge in [0, 0.05) is 36.9 Å². The van der Waals surface area contributed by atoms with Crippen molar-refractivity contribution in [1.29, 1.82) is 0 Å². The molecule has 55 heavy (non-hydrogen) atoms. The van der Waals surface area contributed by atoms with Gasteiger partial charge >= 0.3 is 5.97 Å². The fraction of sp³-hybridized carbons (Fsp3) is 0.543. The molecular weight excluding hydrogens is 737 g/mol. The molecule has 0 unspecified atom stereocenters. The number of aromatic amines is 1. The van der Waals surface area contributed by atoms with Crippen LogP contribution in [0.25, 0.3) is 10.9 Å². The third-order valence-electron chi connectivity index (χ3n) is 8.73. The molecule has 3 amide bonds. The van der Waals surface area contributed by atoms with Crippen molar-refractivity contribution in [3.8, 4) is 0 Å². The summed E-state index contributed by atoms with van der Waals surface area (Å²) in [6.45, 7) is 0.449. The number of carboxylic acids is 1. The van der Waals surface area contributed by atoms with Gasteiger partial charge in [0.15, 0.2) is 11.6 Å². The third kappa shape index (κ3) is 14.9. The van der Waals surface area contributed by atoms with Gasteiger partial charge in [0.05, 0.1) is 56.8 Å². The van der Waals surface area contributed by atoms with Crippen molar-refractivity contribution in [3.63, 3.8) is 0 Å². The van der Waals surface area contributed by atoms with Crippen molar-refractivity contribution in [2.45, 2.75) is 69.2 Å². The van der Waals surface area contributed by atoms with Crippen LogP contribution in [0.3, 0.4) is 0 Å². The van der Waals surface area contributed by atoms with Crippen LogP contribution in [0.1, 0.15) is 38.2 Å². The number of H-pyrrole nitrogens is 1. The number of hydrazine groups is 1. The van der Waals surface area contributed by atoms with Gasteiger partial charge in [-0.1, -0.05) is 24.6 Å². The molecule has 1 aromatic heterocycles. The molecule has 1 heterocycles. The standard InChI is InChI=1S/C35H54N10O9S/c1-20(29(47)14-37)39-16-22(46)17-44(2)35(54)28(19-55)41-33(52)26(10-6-7-11-36)42-43-27(13-31(49)50)32(51)30(48)18-45(3)34(53)24(38)12-21-15-40-25-9-5-4-8-23(21)25/h4-5,8-9,15,20,24,26-28,39-40,42-43,55H,6-7,10-14,16-19,36-38H2,1-3H3,(H,41,52)(H,49,50)/t20-,24-,26-,27-,28-/m0/s1. The number of likely N-dealkylation sites (N-methyl/N-ethyl adjacent to an activating group) is 2. The number of carbonyl (C=O) groups excluding carboxylic acids is 7. The Hall–Kier alpha value is -4.57. The number of nitrogens with one attached hydrogen (secondary N) is 5. The number of fused-ring (bicyclic) bond motifs is 1. The Morgan fingerprint density at radius 3 is 2.20 bits per heavy atom. The number of nitrogens with zero attached hydrogens (tertiary/aromatic N) is 2. The molecule has 0 saturated heterocycles. The van der Waals surface area contributed by atoms with Crippen LogP contribution < -0.4 is 38.7 Å². The summed E-state index contributed by atoms with van der Waals surface area (Å²) in [6.07, 6.45) is 2.08. The Morgan fingerprint density at radius 2 is 1.56 bits per heavy atom. The van der Waals surface area contributed by atoms with Gasteiger partial charge in [-0.2, -0.15) is 12.6 Å². The van der Waals surface area contributed by atoms with Gasteiger partial charge < -0.3 is 47.7 Å². The maximum Gasteiger partial charge on any atom is 0.305 e. The number of para-hydroxylation sites is 1. The van der Waals surface area contributed by atoms with Crippen LogP contribution in [-0.4, -0.2) is 149 Å². The first-order chi connectivity index (χ1) is 26.0. The molecule has 0 spiro atoms. The van der Waals surface area contributed by atoms with Gasteiger partial charge in [0.2, 0.25) is 29.3 Å². The lowest BCUT2D eigenvalue weighted by atomic mass is 10.0. The van der Waals surface area contributed by atoms with Crippen molar-refractivity contribution in [1.82, 2.24) is 36.3 Å². The van der Waals surface area contributed by atoms with Crippen LogP contribution in [0.2, 0.25) is 0 Å². The number of nitrogens with two attached hydrogens (primary N) is 3. The largest absolute Gasteiger partial charge is 0.481 e. The van der Waals surface area contributed by atoms with Crippen molar-refractivity contribution >= 4 is 70.4 Å². The quantitative estimate of drug-likeness (QED) is 0.0187. The van der Waals surface area contributed by atoms with Crippen LogP contribution in [0.15, 0.2) is 30.5 Å². The SMILES string of the molecule is C[C@H](NCC(=O)CN(C)C(=O)[C@H](CS)NC(=O)[C@H](CCCCN)NN[C@@H](CC(=O)O)C(=O)C(=O)CN(C)C(=O)[C@@H](N)Cc1c[nH]c2ccccc12)C(=O)CN. The second-order valence-corrected chi connectivity index (χ2v) is 13.5. The average molecular weight is 791 g/mol. The second-order valence-electron chi connectivity index (χ2n) is 13.2. The smallest absolute Gasteiger partial charge is 0.305 e. The Bertz CT molecular complexity index is 1670. The lowest BCUT2D eigenvalue weighted by molar-refractivity contribution is -0.144. The number of thiol groups is 1. The van der Waals surface area contributed by atoms with Crippen LogP contribution in [0.4, 0.5) is 0 Å². The number of aromatic nitrogens is 1. The number of hydrogen-bond donors (Lipinski definition) is 10. The molecule has 0 bridgehead atoms. The predicted molar refractivity (Wildman–Crippen MR) is 207 cm³/mol. The maximum absolute atomic E-state index is 13.4. The van der Waals surface area contributed by atoms with E-state index in [-0.39, 0.29) is 44.0 Å².